The van der Waals surface area contributed by atoms with Crippen LogP contribution in [0, 0.1) is 12.8 Å². The molecule has 3 N–H and O–H groups in total. The molecule has 0 spiro atoms. The number of piperidine rings is 1. The van der Waals surface area contributed by atoms with Gasteiger partial charge in [-0.05, 0) is 50.1 Å². The summed E-state index contributed by atoms with van der Waals surface area (Å²) < 4.78 is 40.4. The summed E-state index contributed by atoms with van der Waals surface area (Å²) >= 11 is 0. The van der Waals surface area contributed by atoms with Gasteiger partial charge in [0, 0.05) is 13.1 Å². The first-order chi connectivity index (χ1) is 16.1. The summed E-state index contributed by atoms with van der Waals surface area (Å²) in [7, 11) is 0. The van der Waals surface area contributed by atoms with Crippen LogP contribution >= 0.6 is 0 Å². The Bertz CT molecular complexity index is 1210. The number of nitrogens with one attached hydrogen (secondary N) is 1. The van der Waals surface area contributed by atoms with Gasteiger partial charge < -0.3 is 16.0 Å². The Morgan fingerprint density at radius 2 is 1.97 bits per heavy atom. The fourth-order valence-corrected chi connectivity index (χ4v) is 3.97. The lowest BCUT2D eigenvalue weighted by Crippen LogP contribution is -2.41. The SMILES string of the molecule is Cc1c(C(=O)Nc2ccc(N3CCCC(C(N)=O)C3)nc2)cnn1-c1cccc(C(F)(F)F)c1. The van der Waals surface area contributed by atoms with Crippen molar-refractivity contribution in [3.05, 3.63) is 65.6 Å². The largest absolute Gasteiger partial charge is 0.416 e. The van der Waals surface area contributed by atoms with E-state index >= 15 is 0 Å². The van der Waals surface area contributed by atoms with Crippen molar-refractivity contribution < 1.29 is 22.8 Å². The number of carbonyl (C=O) groups excluding carboxylic acids is 2. The van der Waals surface area contributed by atoms with Gasteiger partial charge in [0.1, 0.15) is 5.82 Å². The topological polar surface area (TPSA) is 106 Å². The van der Waals surface area contributed by atoms with Gasteiger partial charge in [0.05, 0.1) is 46.5 Å². The number of benzene rings is 1. The number of nitrogens with zero attached hydrogens (tertiary/aromatic N) is 4. The van der Waals surface area contributed by atoms with Gasteiger partial charge in [0.25, 0.3) is 5.91 Å². The maximum atomic E-state index is 13.0. The molecule has 1 unspecified atom stereocenters. The van der Waals surface area contributed by atoms with Crippen molar-refractivity contribution in [1.82, 2.24) is 14.8 Å². The summed E-state index contributed by atoms with van der Waals surface area (Å²) in [5.41, 5.74) is 5.90. The lowest BCUT2D eigenvalue weighted by atomic mass is 9.97. The van der Waals surface area contributed by atoms with E-state index in [1.807, 2.05) is 4.90 Å². The minimum absolute atomic E-state index is 0.202. The van der Waals surface area contributed by atoms with E-state index in [-0.39, 0.29) is 23.1 Å². The van der Waals surface area contributed by atoms with E-state index in [1.165, 1.54) is 29.2 Å². The van der Waals surface area contributed by atoms with Crippen LogP contribution in [0.1, 0.15) is 34.5 Å². The average molecular weight is 472 g/mol. The van der Waals surface area contributed by atoms with Crippen LogP contribution in [-0.2, 0) is 11.0 Å². The molecular weight excluding hydrogens is 449 g/mol. The normalized spacial score (nSPS) is 16.4. The molecular formula is C23H23F3N6O2. The van der Waals surface area contributed by atoms with Crippen molar-refractivity contribution in [2.75, 3.05) is 23.3 Å². The molecule has 0 saturated carbocycles. The van der Waals surface area contributed by atoms with Gasteiger partial charge in [-0.25, -0.2) is 9.67 Å². The Balaban J connectivity index is 1.47. The molecule has 0 bridgehead atoms. The third-order valence-corrected chi connectivity index (χ3v) is 5.83. The molecule has 8 nitrogen and oxygen atoms in total. The minimum Gasteiger partial charge on any atom is -0.369 e. The Morgan fingerprint density at radius 1 is 1.18 bits per heavy atom. The van der Waals surface area contributed by atoms with Crippen LogP contribution in [0.4, 0.5) is 24.7 Å². The molecule has 3 heterocycles. The number of nitrogens with two attached hydrogens (primary N) is 1. The van der Waals surface area contributed by atoms with Crippen molar-refractivity contribution in [2.24, 2.45) is 11.7 Å². The van der Waals surface area contributed by atoms with Crippen molar-refractivity contribution in [3.63, 3.8) is 0 Å². The smallest absolute Gasteiger partial charge is 0.369 e. The Morgan fingerprint density at radius 3 is 2.65 bits per heavy atom. The molecule has 1 aliphatic heterocycles. The quantitative estimate of drug-likeness (QED) is 0.591. The summed E-state index contributed by atoms with van der Waals surface area (Å²) in [6, 6.07) is 8.18. The highest BCUT2D eigenvalue weighted by Crippen LogP contribution is 2.30. The molecule has 34 heavy (non-hydrogen) atoms. The van der Waals surface area contributed by atoms with Gasteiger partial charge in [0.2, 0.25) is 5.91 Å². The predicted molar refractivity (Wildman–Crippen MR) is 120 cm³/mol. The van der Waals surface area contributed by atoms with Crippen molar-refractivity contribution in [3.8, 4) is 5.69 Å². The van der Waals surface area contributed by atoms with Crippen LogP contribution in [0.2, 0.25) is 0 Å². The maximum absolute atomic E-state index is 13.0. The molecule has 3 aromatic rings. The number of primary amides is 1. The molecule has 11 heteroatoms. The zero-order valence-electron chi connectivity index (χ0n) is 18.3. The summed E-state index contributed by atoms with van der Waals surface area (Å²) in [6.07, 6.45) is -0.0695. The molecule has 0 radical (unpaired) electrons. The first kappa shape index (κ1) is 23.3. The lowest BCUT2D eigenvalue weighted by molar-refractivity contribution is -0.137. The number of hydrogen-bond acceptors (Lipinski definition) is 5. The fourth-order valence-electron chi connectivity index (χ4n) is 3.97. The van der Waals surface area contributed by atoms with Gasteiger partial charge in [0.15, 0.2) is 0 Å². The molecule has 1 aliphatic rings. The van der Waals surface area contributed by atoms with E-state index in [0.29, 0.717) is 23.7 Å². The maximum Gasteiger partial charge on any atom is 0.416 e. The number of alkyl halides is 3. The van der Waals surface area contributed by atoms with Gasteiger partial charge in [-0.1, -0.05) is 6.07 Å². The highest BCUT2D eigenvalue weighted by atomic mass is 19.4. The molecule has 4 rings (SSSR count). The zero-order chi connectivity index (χ0) is 24.5. The number of amides is 2. The van der Waals surface area contributed by atoms with Crippen LogP contribution in [0.5, 0.6) is 0 Å². The van der Waals surface area contributed by atoms with Crippen LogP contribution in [0.25, 0.3) is 5.69 Å². The third kappa shape index (κ3) is 4.87. The summed E-state index contributed by atoms with van der Waals surface area (Å²) in [6.45, 7) is 2.87. The number of aromatic nitrogens is 3. The Labute approximate surface area is 193 Å². The first-order valence-electron chi connectivity index (χ1n) is 10.7. The number of pyridine rings is 1. The molecule has 1 aromatic carbocycles. The number of rotatable bonds is 5. The van der Waals surface area contributed by atoms with Gasteiger partial charge in [-0.3, -0.25) is 9.59 Å². The number of halogens is 3. The fraction of sp³-hybridized carbons (Fsp3) is 0.304. The van der Waals surface area contributed by atoms with E-state index < -0.39 is 17.6 Å². The molecule has 1 fully saturated rings. The van der Waals surface area contributed by atoms with E-state index in [1.54, 1.807) is 19.1 Å². The minimum atomic E-state index is -4.48. The number of carbonyl (C=O) groups is 2. The van der Waals surface area contributed by atoms with E-state index in [9.17, 15) is 22.8 Å². The molecule has 0 aliphatic carbocycles. The van der Waals surface area contributed by atoms with Gasteiger partial charge >= 0.3 is 6.18 Å². The molecule has 1 saturated heterocycles. The summed E-state index contributed by atoms with van der Waals surface area (Å²) in [5.74, 6) is -0.324. The van der Waals surface area contributed by atoms with Crippen molar-refractivity contribution in [1.29, 1.82) is 0 Å². The standard InChI is InChI=1S/C23H23F3N6O2/c1-14-19(12-29-32(14)18-6-2-5-16(10-18)23(24,25)26)22(34)30-17-7-8-20(28-11-17)31-9-3-4-15(13-31)21(27)33/h2,5-8,10-12,15H,3-4,9,13H2,1H3,(H2,27,33)(H,30,34). The molecule has 1 atom stereocenters. The molecule has 178 valence electrons. The van der Waals surface area contributed by atoms with Crippen molar-refractivity contribution in [2.45, 2.75) is 25.9 Å². The Hall–Kier alpha value is -3.89. The first-order valence-corrected chi connectivity index (χ1v) is 10.7. The lowest BCUT2D eigenvalue weighted by Gasteiger charge is -2.32. The second-order valence-corrected chi connectivity index (χ2v) is 8.15. The number of hydrogen-bond donors (Lipinski definition) is 2. The van der Waals surface area contributed by atoms with E-state index in [2.05, 4.69) is 15.4 Å². The highest BCUT2D eigenvalue weighted by Gasteiger charge is 2.31. The number of anilines is 2. The van der Waals surface area contributed by atoms with Crippen LogP contribution in [0.15, 0.2) is 48.8 Å². The second kappa shape index (κ2) is 9.16. The van der Waals surface area contributed by atoms with E-state index in [4.69, 9.17) is 5.73 Å². The van der Waals surface area contributed by atoms with Gasteiger partial charge in [-0.15, -0.1) is 0 Å². The van der Waals surface area contributed by atoms with Crippen LogP contribution in [0.3, 0.4) is 0 Å². The molecule has 2 aromatic heterocycles. The summed E-state index contributed by atoms with van der Waals surface area (Å²) in [5, 5.41) is 6.83. The van der Waals surface area contributed by atoms with Crippen LogP contribution < -0.4 is 16.0 Å². The molecule has 2 amide bonds. The van der Waals surface area contributed by atoms with Crippen molar-refractivity contribution >= 4 is 23.3 Å². The zero-order valence-corrected chi connectivity index (χ0v) is 18.3. The van der Waals surface area contributed by atoms with Crippen LogP contribution in [-0.4, -0.2) is 39.7 Å². The highest BCUT2D eigenvalue weighted by molar-refractivity contribution is 6.04. The van der Waals surface area contributed by atoms with Gasteiger partial charge in [-0.2, -0.15) is 18.3 Å². The monoisotopic (exact) mass is 472 g/mol. The third-order valence-electron chi connectivity index (χ3n) is 5.83. The Kier molecular flexibility index (Phi) is 6.27. The average Bonchev–Trinajstić information content (AvgIpc) is 3.20. The summed E-state index contributed by atoms with van der Waals surface area (Å²) in [4.78, 5) is 30.6. The van der Waals surface area contributed by atoms with E-state index in [0.717, 1.165) is 31.5 Å². The predicted octanol–water partition coefficient (Wildman–Crippen LogP) is 3.55. The second-order valence-electron chi connectivity index (χ2n) is 8.15.